The van der Waals surface area contributed by atoms with E-state index in [0.29, 0.717) is 28.5 Å². The zero-order valence-electron chi connectivity index (χ0n) is 18.9. The molecule has 0 spiro atoms. The minimum absolute atomic E-state index is 0.107. The van der Waals surface area contributed by atoms with Crippen molar-refractivity contribution in [3.63, 3.8) is 0 Å². The number of aromatic nitrogens is 3. The Morgan fingerprint density at radius 2 is 1.86 bits per heavy atom. The van der Waals surface area contributed by atoms with E-state index in [4.69, 9.17) is 0 Å². The van der Waals surface area contributed by atoms with Crippen LogP contribution in [0.1, 0.15) is 37.8 Å². The Hall–Kier alpha value is -3.73. The smallest absolute Gasteiger partial charge is 0.318 e. The van der Waals surface area contributed by atoms with E-state index in [1.807, 2.05) is 10.6 Å². The van der Waals surface area contributed by atoms with Crippen molar-refractivity contribution in [1.29, 1.82) is 0 Å². The maximum Gasteiger partial charge on any atom is 0.344 e. The van der Waals surface area contributed by atoms with Crippen LogP contribution in [0.3, 0.4) is 0 Å². The molecule has 2 fully saturated rings. The highest BCUT2D eigenvalue weighted by atomic mass is 32.2. The quantitative estimate of drug-likeness (QED) is 0.367. The Kier molecular flexibility index (Phi) is 6.01. The maximum absolute atomic E-state index is 14.4. The van der Waals surface area contributed by atoms with Crippen molar-refractivity contribution in [3.8, 4) is 11.4 Å². The molecule has 2 N–H and O–H groups in total. The number of urea groups is 1. The molecule has 1 saturated heterocycles. The molecular weight excluding hydrogens is 471 g/mol. The average molecular weight is 495 g/mol. The van der Waals surface area contributed by atoms with Gasteiger partial charge in [-0.1, -0.05) is 61.2 Å². The van der Waals surface area contributed by atoms with Gasteiger partial charge in [-0.25, -0.2) is 9.18 Å². The maximum atomic E-state index is 14.4. The van der Waals surface area contributed by atoms with Crippen LogP contribution in [0.25, 0.3) is 11.4 Å². The van der Waals surface area contributed by atoms with Gasteiger partial charge in [-0.15, -0.1) is 10.2 Å². The molecule has 9 nitrogen and oxygen atoms in total. The van der Waals surface area contributed by atoms with Crippen LogP contribution in [-0.2, 0) is 15.1 Å². The van der Waals surface area contributed by atoms with Crippen LogP contribution in [0.15, 0.2) is 59.8 Å². The Bertz CT molecular complexity index is 1300. The van der Waals surface area contributed by atoms with Gasteiger partial charge in [0.1, 0.15) is 11.4 Å². The molecule has 0 bridgehead atoms. The summed E-state index contributed by atoms with van der Waals surface area (Å²) in [7, 11) is 0. The molecule has 5 rings (SSSR count). The molecule has 3 aromatic rings. The van der Waals surface area contributed by atoms with E-state index >= 15 is 0 Å². The van der Waals surface area contributed by atoms with E-state index in [-0.39, 0.29) is 11.8 Å². The van der Waals surface area contributed by atoms with Gasteiger partial charge in [0.25, 0.3) is 5.91 Å². The summed E-state index contributed by atoms with van der Waals surface area (Å²) in [6.45, 7) is 1.80. The molecule has 35 heavy (non-hydrogen) atoms. The van der Waals surface area contributed by atoms with Crippen molar-refractivity contribution < 1.29 is 18.8 Å². The molecule has 11 heteroatoms. The number of nitrogens with zero attached hydrogens (tertiary/aromatic N) is 4. The number of hydrogen-bond donors (Lipinski definition) is 2. The van der Waals surface area contributed by atoms with E-state index in [2.05, 4.69) is 20.9 Å². The molecule has 1 atom stereocenters. The molecule has 1 unspecified atom stereocenters. The fourth-order valence-corrected chi connectivity index (χ4v) is 4.99. The number of imide groups is 1. The lowest BCUT2D eigenvalue weighted by Crippen LogP contribution is -2.49. The van der Waals surface area contributed by atoms with Crippen LogP contribution < -0.4 is 10.7 Å². The summed E-state index contributed by atoms with van der Waals surface area (Å²) < 4.78 is 16.2. The third-order valence-corrected chi connectivity index (χ3v) is 7.09. The van der Waals surface area contributed by atoms with Crippen LogP contribution in [0.5, 0.6) is 0 Å². The SMILES string of the molecule is CCC1(c2ccccc2)NC(=O)N(NC(=O)CSc2nnc(-c3ccccc3F)n2C2CC2)C1=O. The fraction of sp³-hybridized carbons (Fsp3) is 0.292. The van der Waals surface area contributed by atoms with Crippen molar-refractivity contribution in [3.05, 3.63) is 66.0 Å². The van der Waals surface area contributed by atoms with E-state index in [9.17, 15) is 18.8 Å². The first-order chi connectivity index (χ1) is 16.9. The summed E-state index contributed by atoms with van der Waals surface area (Å²) in [5.74, 6) is -1.18. The van der Waals surface area contributed by atoms with Crippen molar-refractivity contribution >= 4 is 29.6 Å². The largest absolute Gasteiger partial charge is 0.344 e. The van der Waals surface area contributed by atoms with E-state index < -0.39 is 29.2 Å². The second-order valence-electron chi connectivity index (χ2n) is 8.41. The van der Waals surface area contributed by atoms with Gasteiger partial charge in [0.05, 0.1) is 11.3 Å². The number of nitrogens with one attached hydrogen (secondary N) is 2. The second-order valence-corrected chi connectivity index (χ2v) is 9.35. The molecule has 1 aliphatic heterocycles. The Morgan fingerprint density at radius 3 is 2.54 bits per heavy atom. The number of hydrazine groups is 1. The second kappa shape index (κ2) is 9.14. The van der Waals surface area contributed by atoms with Gasteiger partial charge in [0.2, 0.25) is 5.91 Å². The zero-order chi connectivity index (χ0) is 24.6. The molecule has 1 aliphatic carbocycles. The van der Waals surface area contributed by atoms with Crippen molar-refractivity contribution in [1.82, 2.24) is 30.5 Å². The Labute approximate surface area is 205 Å². The van der Waals surface area contributed by atoms with Crippen LogP contribution in [0, 0.1) is 5.82 Å². The first-order valence-electron chi connectivity index (χ1n) is 11.3. The van der Waals surface area contributed by atoms with Crippen LogP contribution >= 0.6 is 11.8 Å². The summed E-state index contributed by atoms with van der Waals surface area (Å²) in [4.78, 5) is 38.5. The van der Waals surface area contributed by atoms with Gasteiger partial charge in [-0.3, -0.25) is 19.6 Å². The number of thioether (sulfide) groups is 1. The molecule has 4 amide bonds. The molecule has 2 heterocycles. The molecule has 1 saturated carbocycles. The summed E-state index contributed by atoms with van der Waals surface area (Å²) in [6.07, 6.45) is 2.16. The number of hydrogen-bond acceptors (Lipinski definition) is 6. The van der Waals surface area contributed by atoms with Crippen LogP contribution in [-0.4, -0.2) is 43.4 Å². The fourth-order valence-electron chi connectivity index (χ4n) is 4.19. The standard InChI is InChI=1S/C24H23FN6O3S/c1-2-24(15-8-4-3-5-9-15)21(33)31(22(34)26-24)29-19(32)14-35-23-28-27-20(30(23)16-12-13-16)17-10-6-7-11-18(17)25/h3-11,16H,2,12-14H2,1H3,(H,26,34)(H,29,32). The molecule has 180 valence electrons. The van der Waals surface area contributed by atoms with E-state index in [1.165, 1.54) is 6.07 Å². The number of carbonyl (C=O) groups excluding carboxylic acids is 3. The van der Waals surface area contributed by atoms with E-state index in [1.54, 1.807) is 49.4 Å². The number of benzene rings is 2. The summed E-state index contributed by atoms with van der Waals surface area (Å²) >= 11 is 1.12. The highest BCUT2D eigenvalue weighted by molar-refractivity contribution is 7.99. The lowest BCUT2D eigenvalue weighted by Gasteiger charge is -2.25. The number of carbonyl (C=O) groups is 3. The molecule has 0 radical (unpaired) electrons. The van der Waals surface area contributed by atoms with Crippen LogP contribution in [0.4, 0.5) is 9.18 Å². The summed E-state index contributed by atoms with van der Waals surface area (Å²) in [6, 6.07) is 14.7. The van der Waals surface area contributed by atoms with Crippen molar-refractivity contribution in [2.24, 2.45) is 0 Å². The third-order valence-electron chi connectivity index (χ3n) is 6.15. The van der Waals surface area contributed by atoms with Gasteiger partial charge in [-0.05, 0) is 37.0 Å². The van der Waals surface area contributed by atoms with Gasteiger partial charge in [0, 0.05) is 6.04 Å². The lowest BCUT2D eigenvalue weighted by molar-refractivity contribution is -0.138. The minimum atomic E-state index is -1.24. The first kappa shape index (κ1) is 23.0. The van der Waals surface area contributed by atoms with Crippen LogP contribution in [0.2, 0.25) is 0 Å². The highest BCUT2D eigenvalue weighted by Gasteiger charge is 2.52. The number of amides is 4. The summed E-state index contributed by atoms with van der Waals surface area (Å²) in [5.41, 5.74) is 2.17. The number of rotatable bonds is 8. The molecule has 2 aliphatic rings. The number of halogens is 1. The summed E-state index contributed by atoms with van der Waals surface area (Å²) in [5, 5.41) is 12.3. The van der Waals surface area contributed by atoms with Gasteiger partial charge in [0.15, 0.2) is 11.0 Å². The van der Waals surface area contributed by atoms with Gasteiger partial charge in [-0.2, -0.15) is 5.01 Å². The van der Waals surface area contributed by atoms with E-state index in [0.717, 1.165) is 29.6 Å². The topological polar surface area (TPSA) is 109 Å². The monoisotopic (exact) mass is 494 g/mol. The first-order valence-corrected chi connectivity index (χ1v) is 12.3. The van der Waals surface area contributed by atoms with Gasteiger partial charge < -0.3 is 5.32 Å². The minimum Gasteiger partial charge on any atom is -0.318 e. The predicted molar refractivity (Wildman–Crippen MR) is 126 cm³/mol. The Morgan fingerprint density at radius 1 is 1.14 bits per heavy atom. The highest BCUT2D eigenvalue weighted by Crippen LogP contribution is 2.41. The predicted octanol–water partition coefficient (Wildman–Crippen LogP) is 3.40. The average Bonchev–Trinajstić information content (AvgIpc) is 3.58. The van der Waals surface area contributed by atoms with Gasteiger partial charge >= 0.3 is 6.03 Å². The molecular formula is C24H23FN6O3S. The molecule has 2 aromatic carbocycles. The zero-order valence-corrected chi connectivity index (χ0v) is 19.7. The van der Waals surface area contributed by atoms with Crippen molar-refractivity contribution in [2.75, 3.05) is 5.75 Å². The third kappa shape index (κ3) is 4.16. The normalized spacial score (nSPS) is 19.7. The Balaban J connectivity index is 1.29. The lowest BCUT2D eigenvalue weighted by atomic mass is 9.87. The molecule has 1 aromatic heterocycles. The van der Waals surface area contributed by atoms with Crippen molar-refractivity contribution in [2.45, 2.75) is 42.9 Å².